The summed E-state index contributed by atoms with van der Waals surface area (Å²) in [6.07, 6.45) is 1.15. The summed E-state index contributed by atoms with van der Waals surface area (Å²) in [4.78, 5) is 4.20. The first-order valence-electron chi connectivity index (χ1n) is 5.82. The van der Waals surface area contributed by atoms with Gasteiger partial charge >= 0.3 is 0 Å². The summed E-state index contributed by atoms with van der Waals surface area (Å²) in [5.41, 5.74) is 0.775. The zero-order chi connectivity index (χ0) is 11.7. The molecular weight excluding hydrogens is 221 g/mol. The lowest BCUT2D eigenvalue weighted by Gasteiger charge is -2.07. The fourth-order valence-electron chi connectivity index (χ4n) is 2.11. The highest BCUT2D eigenvalue weighted by molar-refractivity contribution is 5.74. The van der Waals surface area contributed by atoms with Crippen LogP contribution in [0.25, 0.3) is 11.1 Å². The van der Waals surface area contributed by atoms with Crippen LogP contribution in [0, 0.1) is 11.7 Å². The fourth-order valence-corrected chi connectivity index (χ4v) is 2.11. The number of benzene rings is 1. The molecule has 0 radical (unpaired) electrons. The Morgan fingerprint density at radius 3 is 3.24 bits per heavy atom. The van der Waals surface area contributed by atoms with Crippen LogP contribution in [0.3, 0.4) is 0 Å². The van der Waals surface area contributed by atoms with E-state index in [2.05, 4.69) is 15.6 Å². The highest BCUT2D eigenvalue weighted by Crippen LogP contribution is 2.21. The Morgan fingerprint density at radius 1 is 1.53 bits per heavy atom. The van der Waals surface area contributed by atoms with E-state index in [9.17, 15) is 4.39 Å². The van der Waals surface area contributed by atoms with E-state index in [4.69, 9.17) is 4.42 Å². The van der Waals surface area contributed by atoms with Gasteiger partial charge in [0.15, 0.2) is 11.4 Å². The average Bonchev–Trinajstić information content (AvgIpc) is 2.95. The lowest BCUT2D eigenvalue weighted by atomic mass is 10.1. The third-order valence-corrected chi connectivity index (χ3v) is 3.07. The van der Waals surface area contributed by atoms with E-state index < -0.39 is 0 Å². The molecule has 1 saturated heterocycles. The Kier molecular flexibility index (Phi) is 2.68. The number of rotatable bonds is 3. The maximum Gasteiger partial charge on any atom is 0.295 e. The molecule has 2 heterocycles. The van der Waals surface area contributed by atoms with Crippen molar-refractivity contribution in [1.29, 1.82) is 0 Å². The predicted molar refractivity (Wildman–Crippen MR) is 63.4 cm³/mol. The third kappa shape index (κ3) is 2.10. The topological polar surface area (TPSA) is 50.1 Å². The molecular formula is C12H14FN3O. The quantitative estimate of drug-likeness (QED) is 0.854. The summed E-state index contributed by atoms with van der Waals surface area (Å²) in [7, 11) is 0. The number of halogens is 1. The SMILES string of the molecule is Fc1cccc2nc(NC[C@@H]3CCNC3)oc12. The molecule has 2 N–H and O–H groups in total. The molecule has 1 aromatic heterocycles. The second kappa shape index (κ2) is 4.33. The molecule has 1 atom stereocenters. The Labute approximate surface area is 98.2 Å². The molecule has 0 saturated carbocycles. The van der Waals surface area contributed by atoms with E-state index >= 15 is 0 Å². The van der Waals surface area contributed by atoms with Crippen LogP contribution in [0.5, 0.6) is 0 Å². The van der Waals surface area contributed by atoms with E-state index in [1.165, 1.54) is 6.07 Å². The molecule has 3 rings (SSSR count). The van der Waals surface area contributed by atoms with Gasteiger partial charge in [-0.25, -0.2) is 4.39 Å². The number of hydrogen-bond acceptors (Lipinski definition) is 4. The van der Waals surface area contributed by atoms with Crippen LogP contribution in [0.2, 0.25) is 0 Å². The summed E-state index contributed by atoms with van der Waals surface area (Å²) in [6, 6.07) is 5.14. The van der Waals surface area contributed by atoms with Crippen molar-refractivity contribution >= 4 is 17.1 Å². The highest BCUT2D eigenvalue weighted by Gasteiger charge is 2.15. The van der Waals surface area contributed by atoms with Crippen molar-refractivity contribution in [3.8, 4) is 0 Å². The van der Waals surface area contributed by atoms with Crippen LogP contribution in [0.15, 0.2) is 22.6 Å². The average molecular weight is 235 g/mol. The van der Waals surface area contributed by atoms with Crippen LogP contribution in [-0.4, -0.2) is 24.6 Å². The second-order valence-corrected chi connectivity index (χ2v) is 4.35. The van der Waals surface area contributed by atoms with Crippen molar-refractivity contribution in [2.45, 2.75) is 6.42 Å². The molecule has 5 heteroatoms. The Morgan fingerprint density at radius 2 is 2.47 bits per heavy atom. The molecule has 1 aliphatic heterocycles. The zero-order valence-corrected chi connectivity index (χ0v) is 9.37. The van der Waals surface area contributed by atoms with Crippen LogP contribution in [0.4, 0.5) is 10.4 Å². The normalized spacial score (nSPS) is 19.9. The number of anilines is 1. The van der Waals surface area contributed by atoms with Gasteiger partial charge in [-0.2, -0.15) is 4.98 Å². The summed E-state index contributed by atoms with van der Waals surface area (Å²) >= 11 is 0. The zero-order valence-electron chi connectivity index (χ0n) is 9.37. The smallest absolute Gasteiger partial charge is 0.295 e. The van der Waals surface area contributed by atoms with Gasteiger partial charge in [0.1, 0.15) is 5.52 Å². The number of nitrogens with one attached hydrogen (secondary N) is 2. The van der Waals surface area contributed by atoms with Crippen LogP contribution in [0.1, 0.15) is 6.42 Å². The molecule has 0 spiro atoms. The molecule has 0 amide bonds. The molecule has 2 aromatic rings. The number of aromatic nitrogens is 1. The Bertz CT molecular complexity index is 519. The first-order valence-corrected chi connectivity index (χ1v) is 5.82. The van der Waals surface area contributed by atoms with Crippen LogP contribution < -0.4 is 10.6 Å². The molecule has 1 fully saturated rings. The second-order valence-electron chi connectivity index (χ2n) is 4.35. The van der Waals surface area contributed by atoms with Gasteiger partial charge in [-0.1, -0.05) is 6.07 Å². The lowest BCUT2D eigenvalue weighted by molar-refractivity contribution is 0.549. The number of hydrogen-bond donors (Lipinski definition) is 2. The minimum atomic E-state index is -0.370. The minimum Gasteiger partial charge on any atom is -0.420 e. The van der Waals surface area contributed by atoms with Crippen molar-refractivity contribution < 1.29 is 8.81 Å². The van der Waals surface area contributed by atoms with Crippen LogP contribution in [-0.2, 0) is 0 Å². The first-order chi connectivity index (χ1) is 8.33. The van der Waals surface area contributed by atoms with Crippen molar-refractivity contribution in [3.05, 3.63) is 24.0 Å². The van der Waals surface area contributed by atoms with Crippen molar-refractivity contribution in [1.82, 2.24) is 10.3 Å². The lowest BCUT2D eigenvalue weighted by Crippen LogP contribution is -2.17. The molecule has 0 aliphatic carbocycles. The highest BCUT2D eigenvalue weighted by atomic mass is 19.1. The molecule has 0 unspecified atom stereocenters. The van der Waals surface area contributed by atoms with Gasteiger partial charge in [0.2, 0.25) is 0 Å². The van der Waals surface area contributed by atoms with Gasteiger partial charge in [-0.05, 0) is 37.6 Å². The van der Waals surface area contributed by atoms with E-state index in [0.29, 0.717) is 17.4 Å². The summed E-state index contributed by atoms with van der Waals surface area (Å²) in [5, 5.41) is 6.41. The van der Waals surface area contributed by atoms with Crippen molar-refractivity contribution in [2.75, 3.05) is 25.0 Å². The molecule has 1 aliphatic rings. The summed E-state index contributed by atoms with van der Waals surface area (Å²) in [5.74, 6) is 0.223. The number of oxazole rings is 1. The summed E-state index contributed by atoms with van der Waals surface area (Å²) < 4.78 is 18.7. The Balaban J connectivity index is 1.74. The predicted octanol–water partition coefficient (Wildman–Crippen LogP) is 1.99. The molecule has 17 heavy (non-hydrogen) atoms. The van der Waals surface area contributed by atoms with Crippen LogP contribution >= 0.6 is 0 Å². The van der Waals surface area contributed by atoms with E-state index in [-0.39, 0.29) is 11.4 Å². The number of para-hydroxylation sites is 1. The molecule has 1 aromatic carbocycles. The minimum absolute atomic E-state index is 0.222. The largest absolute Gasteiger partial charge is 0.420 e. The van der Waals surface area contributed by atoms with E-state index in [1.54, 1.807) is 12.1 Å². The van der Waals surface area contributed by atoms with Crippen molar-refractivity contribution in [3.63, 3.8) is 0 Å². The van der Waals surface area contributed by atoms with E-state index in [0.717, 1.165) is 26.1 Å². The molecule has 0 bridgehead atoms. The van der Waals surface area contributed by atoms with Crippen molar-refractivity contribution in [2.24, 2.45) is 5.92 Å². The first kappa shape index (κ1) is 10.5. The Hall–Kier alpha value is -1.62. The van der Waals surface area contributed by atoms with E-state index in [1.807, 2.05) is 0 Å². The number of nitrogens with zero attached hydrogens (tertiary/aromatic N) is 1. The monoisotopic (exact) mass is 235 g/mol. The standard InChI is InChI=1S/C12H14FN3O/c13-9-2-1-3-10-11(9)17-12(16-10)15-7-8-4-5-14-6-8/h1-3,8,14H,4-7H2,(H,15,16)/t8-/m1/s1. The summed E-state index contributed by atoms with van der Waals surface area (Å²) in [6.45, 7) is 2.89. The van der Waals surface area contributed by atoms with Gasteiger partial charge < -0.3 is 15.1 Å². The number of fused-ring (bicyclic) bond motifs is 1. The van der Waals surface area contributed by atoms with Gasteiger partial charge in [0, 0.05) is 6.54 Å². The maximum absolute atomic E-state index is 13.4. The third-order valence-electron chi connectivity index (χ3n) is 3.07. The molecule has 90 valence electrons. The van der Waals surface area contributed by atoms with Gasteiger partial charge in [0.05, 0.1) is 0 Å². The fraction of sp³-hybridized carbons (Fsp3) is 0.417. The van der Waals surface area contributed by atoms with Gasteiger partial charge in [-0.15, -0.1) is 0 Å². The van der Waals surface area contributed by atoms with Gasteiger partial charge in [0.25, 0.3) is 6.01 Å². The van der Waals surface area contributed by atoms with Gasteiger partial charge in [-0.3, -0.25) is 0 Å². The maximum atomic E-state index is 13.4. The molecule has 4 nitrogen and oxygen atoms in total.